The highest BCUT2D eigenvalue weighted by Crippen LogP contribution is 2.46. The Morgan fingerprint density at radius 1 is 1.16 bits per heavy atom. The van der Waals surface area contributed by atoms with Gasteiger partial charge in [-0.05, 0) is 36.4 Å². The molecule has 1 unspecified atom stereocenters. The van der Waals surface area contributed by atoms with Gasteiger partial charge in [0.1, 0.15) is 0 Å². The molecular weight excluding hydrogens is 434 g/mol. The molecule has 2 heterocycles. The number of anilines is 3. The number of hydrogen-bond acceptors (Lipinski definition) is 5. The SMILES string of the molecule is Nc1cc(Cl)cc(N2C(=O)c3ccccc3C2(O)c2ccc3nc(NC(=O)O)[nH]c3c2)c1. The standard InChI is InChI=1S/C22H16ClN5O4/c23-12-8-13(24)10-14(9-12)28-19(29)15-3-1-2-4-16(15)22(28,32)11-5-6-17-18(7-11)26-20(25-17)27-21(30)31/h1-10,32H,24H2,(H,30,31)(H2,25,26,27). The zero-order valence-corrected chi connectivity index (χ0v) is 17.1. The van der Waals surface area contributed by atoms with Crippen molar-refractivity contribution in [1.82, 2.24) is 9.97 Å². The maximum atomic E-state index is 13.4. The molecule has 1 aromatic heterocycles. The molecule has 3 aromatic carbocycles. The molecule has 0 spiro atoms. The van der Waals surface area contributed by atoms with E-state index in [1.165, 1.54) is 4.90 Å². The molecule has 0 fully saturated rings. The Kier molecular flexibility index (Phi) is 4.33. The molecular formula is C22H16ClN5O4. The van der Waals surface area contributed by atoms with Gasteiger partial charge >= 0.3 is 6.09 Å². The number of carbonyl (C=O) groups excluding carboxylic acids is 1. The average molecular weight is 450 g/mol. The van der Waals surface area contributed by atoms with Gasteiger partial charge in [0.15, 0.2) is 5.72 Å². The molecule has 1 aliphatic heterocycles. The number of rotatable bonds is 3. The predicted molar refractivity (Wildman–Crippen MR) is 120 cm³/mol. The molecule has 4 aromatic rings. The van der Waals surface area contributed by atoms with E-state index in [2.05, 4.69) is 15.3 Å². The number of hydrogen-bond donors (Lipinski definition) is 5. The Bertz CT molecular complexity index is 1400. The van der Waals surface area contributed by atoms with Crippen molar-refractivity contribution in [2.75, 3.05) is 16.0 Å². The number of nitrogens with one attached hydrogen (secondary N) is 2. The predicted octanol–water partition coefficient (Wildman–Crippen LogP) is 3.74. The van der Waals surface area contributed by atoms with Gasteiger partial charge in [0.2, 0.25) is 5.95 Å². The van der Waals surface area contributed by atoms with Crippen molar-refractivity contribution >= 4 is 52.0 Å². The van der Waals surface area contributed by atoms with Crippen molar-refractivity contribution in [3.63, 3.8) is 0 Å². The minimum absolute atomic E-state index is 0.0407. The van der Waals surface area contributed by atoms with Crippen molar-refractivity contribution in [1.29, 1.82) is 0 Å². The summed E-state index contributed by atoms with van der Waals surface area (Å²) < 4.78 is 0. The summed E-state index contributed by atoms with van der Waals surface area (Å²) in [5.74, 6) is -0.373. The second-order valence-corrected chi connectivity index (χ2v) is 7.79. The molecule has 0 aliphatic carbocycles. The molecule has 10 heteroatoms. The van der Waals surface area contributed by atoms with Crippen molar-refractivity contribution in [2.45, 2.75) is 5.72 Å². The van der Waals surface area contributed by atoms with Crippen molar-refractivity contribution in [3.05, 3.63) is 82.4 Å². The number of imidazole rings is 1. The first-order valence-corrected chi connectivity index (χ1v) is 9.88. The Balaban J connectivity index is 1.72. The van der Waals surface area contributed by atoms with E-state index >= 15 is 0 Å². The van der Waals surface area contributed by atoms with Crippen LogP contribution in [0.15, 0.2) is 60.7 Å². The van der Waals surface area contributed by atoms with Crippen LogP contribution in [-0.4, -0.2) is 32.2 Å². The lowest BCUT2D eigenvalue weighted by molar-refractivity contribution is 0.0704. The van der Waals surface area contributed by atoms with Gasteiger partial charge in [-0.1, -0.05) is 35.9 Å². The maximum absolute atomic E-state index is 13.4. The first kappa shape index (κ1) is 19.9. The van der Waals surface area contributed by atoms with Crippen LogP contribution < -0.4 is 16.0 Å². The topological polar surface area (TPSA) is 145 Å². The molecule has 2 amide bonds. The summed E-state index contributed by atoms with van der Waals surface area (Å²) in [5.41, 5.74) is 6.81. The van der Waals surface area contributed by atoms with E-state index in [9.17, 15) is 14.7 Å². The van der Waals surface area contributed by atoms with Crippen LogP contribution in [0, 0.1) is 0 Å². The van der Waals surface area contributed by atoms with E-state index in [1.807, 2.05) is 0 Å². The summed E-state index contributed by atoms with van der Waals surface area (Å²) in [6, 6.07) is 16.3. The largest absolute Gasteiger partial charge is 0.465 e. The number of aromatic nitrogens is 2. The third kappa shape index (κ3) is 2.95. The molecule has 0 bridgehead atoms. The number of halogens is 1. The van der Waals surface area contributed by atoms with Gasteiger partial charge < -0.3 is 20.9 Å². The lowest BCUT2D eigenvalue weighted by atomic mass is 9.93. The molecule has 1 atom stereocenters. The number of nitrogen functional groups attached to an aromatic ring is 1. The van der Waals surface area contributed by atoms with Crippen LogP contribution in [0.1, 0.15) is 21.5 Å². The Hall–Kier alpha value is -4.08. The number of amides is 2. The van der Waals surface area contributed by atoms with Gasteiger partial charge in [0.25, 0.3) is 5.91 Å². The van der Waals surface area contributed by atoms with Crippen molar-refractivity contribution in [2.24, 2.45) is 0 Å². The van der Waals surface area contributed by atoms with E-state index in [1.54, 1.807) is 60.7 Å². The number of aliphatic hydroxyl groups is 1. The van der Waals surface area contributed by atoms with Gasteiger partial charge in [0.05, 0.1) is 16.7 Å². The highest BCUT2D eigenvalue weighted by Gasteiger charge is 2.50. The molecule has 6 N–H and O–H groups in total. The third-order valence-electron chi connectivity index (χ3n) is 5.33. The fourth-order valence-electron chi connectivity index (χ4n) is 4.06. The summed E-state index contributed by atoms with van der Waals surface area (Å²) in [7, 11) is 0. The second kappa shape index (κ2) is 6.98. The Morgan fingerprint density at radius 2 is 1.94 bits per heavy atom. The molecule has 0 radical (unpaired) electrons. The van der Waals surface area contributed by atoms with Gasteiger partial charge in [-0.2, -0.15) is 0 Å². The van der Waals surface area contributed by atoms with Crippen LogP contribution in [0.25, 0.3) is 11.0 Å². The molecule has 0 saturated heterocycles. The first-order valence-electron chi connectivity index (χ1n) is 9.50. The monoisotopic (exact) mass is 449 g/mol. The lowest BCUT2D eigenvalue weighted by Crippen LogP contribution is -2.45. The molecule has 5 rings (SSSR count). The minimum Gasteiger partial charge on any atom is -0.465 e. The first-order chi connectivity index (χ1) is 15.3. The van der Waals surface area contributed by atoms with Crippen LogP contribution in [0.2, 0.25) is 5.02 Å². The minimum atomic E-state index is -1.87. The van der Waals surface area contributed by atoms with E-state index in [4.69, 9.17) is 22.4 Å². The van der Waals surface area contributed by atoms with Crippen LogP contribution in [0.4, 0.5) is 22.1 Å². The zero-order chi connectivity index (χ0) is 22.6. The third-order valence-corrected chi connectivity index (χ3v) is 5.55. The van der Waals surface area contributed by atoms with Crippen molar-refractivity contribution < 1.29 is 19.8 Å². The molecule has 160 valence electrons. The number of H-pyrrole nitrogens is 1. The number of carboxylic acid groups (broad SMARTS) is 1. The van der Waals surface area contributed by atoms with Crippen LogP contribution in [0.5, 0.6) is 0 Å². The van der Waals surface area contributed by atoms with Crippen LogP contribution >= 0.6 is 11.6 Å². The van der Waals surface area contributed by atoms with Crippen molar-refractivity contribution in [3.8, 4) is 0 Å². The fraction of sp³-hybridized carbons (Fsp3) is 0.0455. The molecule has 0 saturated carbocycles. The van der Waals surface area contributed by atoms with E-state index in [0.29, 0.717) is 44.1 Å². The highest BCUT2D eigenvalue weighted by atomic mass is 35.5. The van der Waals surface area contributed by atoms with E-state index in [0.717, 1.165) is 0 Å². The number of aromatic amines is 1. The summed E-state index contributed by atoms with van der Waals surface area (Å²) in [6.07, 6.45) is -1.26. The number of benzene rings is 3. The zero-order valence-electron chi connectivity index (χ0n) is 16.3. The quantitative estimate of drug-likeness (QED) is 0.301. The summed E-state index contributed by atoms with van der Waals surface area (Å²) in [6.45, 7) is 0. The Labute approximate surface area is 186 Å². The normalized spacial score (nSPS) is 17.6. The van der Waals surface area contributed by atoms with Crippen LogP contribution in [0.3, 0.4) is 0 Å². The van der Waals surface area contributed by atoms with Gasteiger partial charge in [-0.25, -0.2) is 9.78 Å². The van der Waals surface area contributed by atoms with E-state index in [-0.39, 0.29) is 5.95 Å². The summed E-state index contributed by atoms with van der Waals surface area (Å²) in [4.78, 5) is 32.6. The smallest absolute Gasteiger partial charge is 0.411 e. The summed E-state index contributed by atoms with van der Waals surface area (Å²) >= 11 is 6.18. The number of carbonyl (C=O) groups is 2. The second-order valence-electron chi connectivity index (χ2n) is 7.35. The number of fused-ring (bicyclic) bond motifs is 2. The van der Waals surface area contributed by atoms with E-state index < -0.39 is 17.7 Å². The maximum Gasteiger partial charge on any atom is 0.411 e. The molecule has 9 nitrogen and oxygen atoms in total. The van der Waals surface area contributed by atoms with Gasteiger partial charge in [-0.3, -0.25) is 15.0 Å². The lowest BCUT2D eigenvalue weighted by Gasteiger charge is -2.35. The molecule has 1 aliphatic rings. The average Bonchev–Trinajstić information content (AvgIpc) is 3.23. The van der Waals surface area contributed by atoms with Gasteiger partial charge in [0, 0.05) is 27.4 Å². The summed E-state index contributed by atoms with van der Waals surface area (Å²) in [5, 5.41) is 23.5. The number of nitrogens with zero attached hydrogens (tertiary/aromatic N) is 2. The van der Waals surface area contributed by atoms with Crippen LogP contribution in [-0.2, 0) is 5.72 Å². The Morgan fingerprint density at radius 3 is 2.69 bits per heavy atom. The highest BCUT2D eigenvalue weighted by molar-refractivity contribution is 6.31. The number of nitrogens with two attached hydrogens (primary N) is 1. The fourth-order valence-corrected chi connectivity index (χ4v) is 4.30. The molecule has 32 heavy (non-hydrogen) atoms. The van der Waals surface area contributed by atoms with Gasteiger partial charge in [-0.15, -0.1) is 0 Å².